The number of hydrogen-bond donors (Lipinski definition) is 0. The van der Waals surface area contributed by atoms with Crippen molar-refractivity contribution >= 4 is 22.0 Å². The van der Waals surface area contributed by atoms with Gasteiger partial charge in [-0.05, 0) is 25.1 Å². The van der Waals surface area contributed by atoms with Gasteiger partial charge in [-0.25, -0.2) is 0 Å². The zero-order valence-electron chi connectivity index (χ0n) is 5.76. The van der Waals surface area contributed by atoms with Gasteiger partial charge in [-0.3, -0.25) is 4.98 Å². The predicted octanol–water partition coefficient (Wildman–Crippen LogP) is 2.80. The maximum absolute atomic E-state index is 4.20. The van der Waals surface area contributed by atoms with Crippen LogP contribution in [0.5, 0.6) is 0 Å². The summed E-state index contributed by atoms with van der Waals surface area (Å²) < 4.78 is 1.05. The summed E-state index contributed by atoms with van der Waals surface area (Å²) >= 11 is 3.37. The Bertz CT molecular complexity index is 235. The van der Waals surface area contributed by atoms with Gasteiger partial charge in [0.25, 0.3) is 0 Å². The van der Waals surface area contributed by atoms with Crippen LogP contribution in [0.3, 0.4) is 0 Å². The zero-order valence-corrected chi connectivity index (χ0v) is 7.35. The van der Waals surface area contributed by atoms with E-state index in [-0.39, 0.29) is 0 Å². The Kier molecular flexibility index (Phi) is 2.22. The molecule has 0 N–H and O–H groups in total. The first-order valence-electron chi connectivity index (χ1n) is 2.99. The molecule has 0 aliphatic heterocycles. The normalized spacial score (nSPS) is 9.40. The molecule has 1 aromatic heterocycles. The second kappa shape index (κ2) is 2.97. The monoisotopic (exact) mass is 197 g/mol. The van der Waals surface area contributed by atoms with Crippen LogP contribution in [0.4, 0.5) is 0 Å². The van der Waals surface area contributed by atoms with Crippen LogP contribution in [0, 0.1) is 6.92 Å². The summed E-state index contributed by atoms with van der Waals surface area (Å²) in [5.41, 5.74) is 1.91. The molecule has 0 bridgehead atoms. The Morgan fingerprint density at radius 1 is 1.60 bits per heavy atom. The van der Waals surface area contributed by atoms with Crippen molar-refractivity contribution < 1.29 is 0 Å². The van der Waals surface area contributed by atoms with Crippen LogP contribution in [-0.4, -0.2) is 4.98 Å². The van der Waals surface area contributed by atoms with Crippen molar-refractivity contribution in [3.63, 3.8) is 0 Å². The van der Waals surface area contributed by atoms with Crippen LogP contribution in [0.2, 0.25) is 0 Å². The van der Waals surface area contributed by atoms with Gasteiger partial charge in [0, 0.05) is 10.2 Å². The van der Waals surface area contributed by atoms with E-state index < -0.39 is 0 Å². The van der Waals surface area contributed by atoms with Gasteiger partial charge >= 0.3 is 0 Å². The molecule has 0 radical (unpaired) electrons. The quantitative estimate of drug-likeness (QED) is 0.676. The van der Waals surface area contributed by atoms with E-state index in [4.69, 9.17) is 0 Å². The molecule has 0 aliphatic rings. The Balaban J connectivity index is 3.18. The molecule has 0 aromatic carbocycles. The lowest BCUT2D eigenvalue weighted by Crippen LogP contribution is -1.83. The van der Waals surface area contributed by atoms with Crippen molar-refractivity contribution in [3.8, 4) is 0 Å². The van der Waals surface area contributed by atoms with Gasteiger partial charge in [-0.1, -0.05) is 22.5 Å². The van der Waals surface area contributed by atoms with E-state index in [2.05, 4.69) is 27.5 Å². The van der Waals surface area contributed by atoms with E-state index in [1.54, 1.807) is 6.08 Å². The Morgan fingerprint density at radius 3 is 2.80 bits per heavy atom. The third-order valence-corrected chi connectivity index (χ3v) is 1.60. The maximum atomic E-state index is 4.20. The number of pyridine rings is 1. The van der Waals surface area contributed by atoms with Gasteiger partial charge in [0.15, 0.2) is 0 Å². The first-order chi connectivity index (χ1) is 4.72. The van der Waals surface area contributed by atoms with Crippen LogP contribution in [0.15, 0.2) is 23.2 Å². The highest BCUT2D eigenvalue weighted by molar-refractivity contribution is 9.10. The van der Waals surface area contributed by atoms with Gasteiger partial charge < -0.3 is 0 Å². The number of hydrogen-bond acceptors (Lipinski definition) is 1. The van der Waals surface area contributed by atoms with Crippen LogP contribution in [0.25, 0.3) is 6.08 Å². The molecule has 1 heterocycles. The summed E-state index contributed by atoms with van der Waals surface area (Å²) in [4.78, 5) is 4.20. The molecule has 0 saturated heterocycles. The summed E-state index contributed by atoms with van der Waals surface area (Å²) in [5.74, 6) is 0. The Labute approximate surface area is 68.9 Å². The third-order valence-electron chi connectivity index (χ3n) is 1.15. The molecule has 0 amide bonds. The largest absolute Gasteiger partial charge is 0.254 e. The highest BCUT2D eigenvalue weighted by Gasteiger charge is 1.92. The molecule has 10 heavy (non-hydrogen) atoms. The highest BCUT2D eigenvalue weighted by Crippen LogP contribution is 2.12. The first kappa shape index (κ1) is 7.48. The minimum Gasteiger partial charge on any atom is -0.254 e. The van der Waals surface area contributed by atoms with Crippen LogP contribution >= 0.6 is 15.9 Å². The number of halogens is 1. The fourth-order valence-corrected chi connectivity index (χ4v) is 1.32. The first-order valence-corrected chi connectivity index (χ1v) is 3.78. The van der Waals surface area contributed by atoms with Gasteiger partial charge in [-0.2, -0.15) is 0 Å². The fourth-order valence-electron chi connectivity index (χ4n) is 0.755. The summed E-state index contributed by atoms with van der Waals surface area (Å²) in [6, 6.07) is 3.90. The molecule has 0 fully saturated rings. The molecular formula is C8H8BrN. The molecule has 1 aromatic rings. The van der Waals surface area contributed by atoms with Crippen LogP contribution in [0.1, 0.15) is 11.4 Å². The van der Waals surface area contributed by atoms with E-state index in [1.165, 1.54) is 0 Å². The molecule has 0 atom stereocenters. The van der Waals surface area contributed by atoms with Crippen molar-refractivity contribution in [2.24, 2.45) is 0 Å². The lowest BCUT2D eigenvalue weighted by atomic mass is 10.3. The standard InChI is InChI=1S/C8H8BrN/c1-3-8-5-7(9)4-6(2)10-8/h3-5H,1H2,2H3. The van der Waals surface area contributed by atoms with Gasteiger partial charge in [0.1, 0.15) is 0 Å². The number of nitrogens with zero attached hydrogens (tertiary/aromatic N) is 1. The molecule has 1 nitrogen and oxygen atoms in total. The smallest absolute Gasteiger partial charge is 0.0638 e. The number of aromatic nitrogens is 1. The minimum atomic E-state index is 0.909. The molecule has 0 aliphatic carbocycles. The van der Waals surface area contributed by atoms with Crippen LogP contribution < -0.4 is 0 Å². The number of aryl methyl sites for hydroxylation is 1. The summed E-state index contributed by atoms with van der Waals surface area (Å²) in [5, 5.41) is 0. The van der Waals surface area contributed by atoms with Crippen molar-refractivity contribution in [1.82, 2.24) is 4.98 Å². The Morgan fingerprint density at radius 2 is 2.30 bits per heavy atom. The lowest BCUT2D eigenvalue weighted by molar-refractivity contribution is 1.17. The summed E-state index contributed by atoms with van der Waals surface area (Å²) in [7, 11) is 0. The van der Waals surface area contributed by atoms with Gasteiger partial charge in [-0.15, -0.1) is 0 Å². The van der Waals surface area contributed by atoms with E-state index >= 15 is 0 Å². The SMILES string of the molecule is C=Cc1cc(Br)cc(C)n1. The topological polar surface area (TPSA) is 12.9 Å². The van der Waals surface area contributed by atoms with Crippen LogP contribution in [-0.2, 0) is 0 Å². The predicted molar refractivity (Wildman–Crippen MR) is 46.8 cm³/mol. The lowest BCUT2D eigenvalue weighted by Gasteiger charge is -1.95. The zero-order chi connectivity index (χ0) is 7.56. The van der Waals surface area contributed by atoms with Crippen molar-refractivity contribution in [2.45, 2.75) is 6.92 Å². The highest BCUT2D eigenvalue weighted by atomic mass is 79.9. The van der Waals surface area contributed by atoms with E-state index in [0.717, 1.165) is 15.9 Å². The van der Waals surface area contributed by atoms with Crippen molar-refractivity contribution in [1.29, 1.82) is 0 Å². The van der Waals surface area contributed by atoms with E-state index in [0.29, 0.717) is 0 Å². The second-order valence-corrected chi connectivity index (χ2v) is 2.97. The average molecular weight is 198 g/mol. The maximum Gasteiger partial charge on any atom is 0.0638 e. The average Bonchev–Trinajstić information content (AvgIpc) is 1.85. The minimum absolute atomic E-state index is 0.909. The molecule has 0 saturated carbocycles. The Hall–Kier alpha value is -0.630. The third kappa shape index (κ3) is 1.67. The molecule has 2 heteroatoms. The van der Waals surface area contributed by atoms with Crippen molar-refractivity contribution in [2.75, 3.05) is 0 Å². The van der Waals surface area contributed by atoms with Crippen molar-refractivity contribution in [3.05, 3.63) is 34.6 Å². The summed E-state index contributed by atoms with van der Waals surface area (Å²) in [6.45, 7) is 5.59. The number of rotatable bonds is 1. The van der Waals surface area contributed by atoms with Gasteiger partial charge in [0.05, 0.1) is 5.69 Å². The summed E-state index contributed by atoms with van der Waals surface area (Å²) in [6.07, 6.45) is 1.73. The van der Waals surface area contributed by atoms with Gasteiger partial charge in [0.2, 0.25) is 0 Å². The molecular weight excluding hydrogens is 190 g/mol. The fraction of sp³-hybridized carbons (Fsp3) is 0.125. The van der Waals surface area contributed by atoms with E-state index in [1.807, 2.05) is 19.1 Å². The molecule has 0 spiro atoms. The molecule has 0 unspecified atom stereocenters. The van der Waals surface area contributed by atoms with E-state index in [9.17, 15) is 0 Å². The molecule has 52 valence electrons. The second-order valence-electron chi connectivity index (χ2n) is 2.06. The molecule has 1 rings (SSSR count).